The van der Waals surface area contributed by atoms with E-state index in [1.165, 1.54) is 24.0 Å². The van der Waals surface area contributed by atoms with Crippen molar-refractivity contribution in [2.45, 2.75) is 50.9 Å². The van der Waals surface area contributed by atoms with Crippen LogP contribution in [-0.4, -0.2) is 34.1 Å². The summed E-state index contributed by atoms with van der Waals surface area (Å²) in [5.74, 6) is 0.915. The highest BCUT2D eigenvalue weighted by molar-refractivity contribution is 5.32. The quantitative estimate of drug-likeness (QED) is 0.851. The maximum Gasteiger partial charge on any atom is 0.153 e. The standard InChI is InChI=1S/C18H23N3O2/c1-2-6-15-10-16(9-14(15)5-1)21-18(19-13-20-21)12-22-11-17-7-3-4-8-23-17/h1-2,5-6,13,16-17H,3-4,7-12H2. The van der Waals surface area contributed by atoms with Gasteiger partial charge in [0, 0.05) is 6.61 Å². The Morgan fingerprint density at radius 1 is 1.17 bits per heavy atom. The highest BCUT2D eigenvalue weighted by Crippen LogP contribution is 2.30. The maximum absolute atomic E-state index is 5.85. The predicted octanol–water partition coefficient (Wildman–Crippen LogP) is 2.70. The van der Waals surface area contributed by atoms with Crippen molar-refractivity contribution in [3.05, 3.63) is 47.5 Å². The average molecular weight is 313 g/mol. The zero-order valence-electron chi connectivity index (χ0n) is 13.4. The first kappa shape index (κ1) is 14.8. The van der Waals surface area contributed by atoms with E-state index < -0.39 is 0 Å². The van der Waals surface area contributed by atoms with E-state index in [1.807, 2.05) is 4.68 Å². The predicted molar refractivity (Wildman–Crippen MR) is 86.2 cm³/mol. The second-order valence-electron chi connectivity index (χ2n) is 6.46. The largest absolute Gasteiger partial charge is 0.376 e. The van der Waals surface area contributed by atoms with E-state index in [2.05, 4.69) is 34.3 Å². The molecule has 1 saturated heterocycles. The van der Waals surface area contributed by atoms with Gasteiger partial charge in [0.1, 0.15) is 12.9 Å². The minimum Gasteiger partial charge on any atom is -0.376 e. The number of benzene rings is 1. The van der Waals surface area contributed by atoms with Crippen LogP contribution in [0.3, 0.4) is 0 Å². The van der Waals surface area contributed by atoms with Crippen LogP contribution in [0.2, 0.25) is 0 Å². The Labute approximate surface area is 136 Å². The molecule has 0 radical (unpaired) electrons. The molecule has 2 aliphatic rings. The van der Waals surface area contributed by atoms with E-state index in [0.717, 1.165) is 31.7 Å². The van der Waals surface area contributed by atoms with Crippen LogP contribution in [-0.2, 0) is 28.9 Å². The van der Waals surface area contributed by atoms with Crippen LogP contribution in [0.5, 0.6) is 0 Å². The summed E-state index contributed by atoms with van der Waals surface area (Å²) in [6.45, 7) is 2.02. The lowest BCUT2D eigenvalue weighted by Crippen LogP contribution is -2.25. The second kappa shape index (κ2) is 6.81. The van der Waals surface area contributed by atoms with Crippen LogP contribution in [0.15, 0.2) is 30.6 Å². The fraction of sp³-hybridized carbons (Fsp3) is 0.556. The van der Waals surface area contributed by atoms with Crippen molar-refractivity contribution in [2.75, 3.05) is 13.2 Å². The first-order chi connectivity index (χ1) is 11.4. The lowest BCUT2D eigenvalue weighted by atomic mass is 10.1. The van der Waals surface area contributed by atoms with Gasteiger partial charge in [-0.15, -0.1) is 0 Å². The number of nitrogens with zero attached hydrogens (tertiary/aromatic N) is 3. The summed E-state index contributed by atoms with van der Waals surface area (Å²) in [4.78, 5) is 4.39. The fourth-order valence-electron chi connectivity index (χ4n) is 3.61. The summed E-state index contributed by atoms with van der Waals surface area (Å²) in [5.41, 5.74) is 2.85. The minimum atomic E-state index is 0.246. The lowest BCUT2D eigenvalue weighted by Gasteiger charge is -2.22. The Morgan fingerprint density at radius 2 is 2.00 bits per heavy atom. The summed E-state index contributed by atoms with van der Waals surface area (Å²) in [7, 11) is 0. The molecule has 0 spiro atoms. The molecule has 0 N–H and O–H groups in total. The van der Waals surface area contributed by atoms with Crippen molar-refractivity contribution in [2.24, 2.45) is 0 Å². The molecule has 0 saturated carbocycles. The van der Waals surface area contributed by atoms with Crippen LogP contribution in [0.1, 0.15) is 42.3 Å². The Balaban J connectivity index is 1.35. The third kappa shape index (κ3) is 3.31. The Morgan fingerprint density at radius 3 is 2.74 bits per heavy atom. The number of aromatic nitrogens is 3. The van der Waals surface area contributed by atoms with Gasteiger partial charge in [0.15, 0.2) is 5.82 Å². The molecule has 1 unspecified atom stereocenters. The summed E-state index contributed by atoms with van der Waals surface area (Å²) >= 11 is 0. The van der Waals surface area contributed by atoms with Gasteiger partial charge < -0.3 is 9.47 Å². The molecule has 1 fully saturated rings. The van der Waals surface area contributed by atoms with Crippen LogP contribution >= 0.6 is 0 Å². The number of rotatable bonds is 5. The van der Waals surface area contributed by atoms with Crippen LogP contribution in [0.25, 0.3) is 0 Å². The molecule has 122 valence electrons. The summed E-state index contributed by atoms with van der Waals surface area (Å²) in [6.07, 6.45) is 7.45. The van der Waals surface area contributed by atoms with Gasteiger partial charge in [0.05, 0.1) is 18.8 Å². The molecule has 4 rings (SSSR count). The molecule has 1 aliphatic carbocycles. The molecule has 2 heterocycles. The Bertz CT molecular complexity index is 624. The SMILES string of the molecule is c1ccc2c(c1)CC(n1ncnc1COCC1CCCCO1)C2. The summed E-state index contributed by atoms with van der Waals surface area (Å²) < 4.78 is 13.6. The second-order valence-corrected chi connectivity index (χ2v) is 6.46. The number of hydrogen-bond acceptors (Lipinski definition) is 4. The summed E-state index contributed by atoms with van der Waals surface area (Å²) in [6, 6.07) is 9.00. The van der Waals surface area contributed by atoms with Crippen molar-refractivity contribution >= 4 is 0 Å². The van der Waals surface area contributed by atoms with Gasteiger partial charge in [-0.25, -0.2) is 9.67 Å². The molecule has 0 bridgehead atoms. The van der Waals surface area contributed by atoms with Gasteiger partial charge in [-0.05, 0) is 43.2 Å². The minimum absolute atomic E-state index is 0.246. The molecule has 0 amide bonds. The Hall–Kier alpha value is -1.72. The molecular weight excluding hydrogens is 290 g/mol. The van der Waals surface area contributed by atoms with Crippen molar-refractivity contribution in [3.8, 4) is 0 Å². The first-order valence-corrected chi connectivity index (χ1v) is 8.54. The molecule has 23 heavy (non-hydrogen) atoms. The maximum atomic E-state index is 5.85. The van der Waals surface area contributed by atoms with E-state index in [0.29, 0.717) is 19.3 Å². The molecule has 5 heteroatoms. The van der Waals surface area contributed by atoms with E-state index in [9.17, 15) is 0 Å². The molecule has 1 atom stereocenters. The van der Waals surface area contributed by atoms with Gasteiger partial charge >= 0.3 is 0 Å². The molecular formula is C18H23N3O2. The fourth-order valence-corrected chi connectivity index (χ4v) is 3.61. The van der Waals surface area contributed by atoms with Gasteiger partial charge in [0.2, 0.25) is 0 Å². The third-order valence-corrected chi connectivity index (χ3v) is 4.83. The zero-order chi connectivity index (χ0) is 15.5. The monoisotopic (exact) mass is 313 g/mol. The van der Waals surface area contributed by atoms with Gasteiger partial charge in [-0.3, -0.25) is 0 Å². The van der Waals surface area contributed by atoms with Crippen molar-refractivity contribution in [1.82, 2.24) is 14.8 Å². The van der Waals surface area contributed by atoms with Gasteiger partial charge in [-0.2, -0.15) is 5.10 Å². The molecule has 5 nitrogen and oxygen atoms in total. The average Bonchev–Trinajstić information content (AvgIpc) is 3.21. The normalized spacial score (nSPS) is 21.5. The van der Waals surface area contributed by atoms with Crippen molar-refractivity contribution in [3.63, 3.8) is 0 Å². The highest BCUT2D eigenvalue weighted by atomic mass is 16.5. The molecule has 1 aromatic heterocycles. The van der Waals surface area contributed by atoms with Gasteiger partial charge in [0.25, 0.3) is 0 Å². The number of ether oxygens (including phenoxy) is 2. The first-order valence-electron chi connectivity index (χ1n) is 8.54. The smallest absolute Gasteiger partial charge is 0.153 e. The number of hydrogen-bond donors (Lipinski definition) is 0. The van der Waals surface area contributed by atoms with Crippen LogP contribution < -0.4 is 0 Å². The van der Waals surface area contributed by atoms with E-state index in [-0.39, 0.29) is 6.10 Å². The Kier molecular flexibility index (Phi) is 4.39. The topological polar surface area (TPSA) is 49.2 Å². The van der Waals surface area contributed by atoms with Gasteiger partial charge in [-0.1, -0.05) is 24.3 Å². The summed E-state index contributed by atoms with van der Waals surface area (Å²) in [5, 5.41) is 4.44. The molecule has 1 aliphatic heterocycles. The van der Waals surface area contributed by atoms with Crippen LogP contribution in [0, 0.1) is 0 Å². The highest BCUT2D eigenvalue weighted by Gasteiger charge is 2.25. The zero-order valence-corrected chi connectivity index (χ0v) is 13.4. The van der Waals surface area contributed by atoms with E-state index in [1.54, 1.807) is 6.33 Å². The van der Waals surface area contributed by atoms with Crippen LogP contribution in [0.4, 0.5) is 0 Å². The van der Waals surface area contributed by atoms with E-state index in [4.69, 9.17) is 9.47 Å². The lowest BCUT2D eigenvalue weighted by molar-refractivity contribution is -0.0464. The van der Waals surface area contributed by atoms with Crippen molar-refractivity contribution < 1.29 is 9.47 Å². The van der Waals surface area contributed by atoms with Crippen molar-refractivity contribution in [1.29, 1.82) is 0 Å². The number of fused-ring (bicyclic) bond motifs is 1. The molecule has 1 aromatic carbocycles. The third-order valence-electron chi connectivity index (χ3n) is 4.83. The van der Waals surface area contributed by atoms with E-state index >= 15 is 0 Å². The molecule has 2 aromatic rings.